The van der Waals surface area contributed by atoms with Gasteiger partial charge in [0, 0.05) is 31.0 Å². The summed E-state index contributed by atoms with van der Waals surface area (Å²) in [6, 6.07) is 23.1. The van der Waals surface area contributed by atoms with Gasteiger partial charge in [-0.1, -0.05) is 54.6 Å². The number of anilines is 1. The van der Waals surface area contributed by atoms with Crippen LogP contribution in [0.4, 0.5) is 5.69 Å². The Hall–Kier alpha value is -3.57. The lowest BCUT2D eigenvalue weighted by atomic mass is 10.1. The van der Waals surface area contributed by atoms with Crippen LogP contribution in [-0.4, -0.2) is 32.8 Å². The normalized spacial score (nSPS) is 12.7. The molecule has 0 spiro atoms. The topological polar surface area (TPSA) is 48.0 Å². The molecule has 0 saturated heterocycles. The lowest BCUT2D eigenvalue weighted by molar-refractivity contribution is 0.0989. The maximum atomic E-state index is 13.4. The number of methoxy groups -OCH3 is 1. The van der Waals surface area contributed by atoms with Gasteiger partial charge in [0.2, 0.25) is 0 Å². The van der Waals surface area contributed by atoms with Gasteiger partial charge in [-0.15, -0.1) is 0 Å². The Morgan fingerprint density at radius 1 is 0.968 bits per heavy atom. The summed E-state index contributed by atoms with van der Waals surface area (Å²) in [5.74, 6) is 1.27. The molecule has 0 unspecified atom stereocenters. The first kappa shape index (κ1) is 20.7. The van der Waals surface area contributed by atoms with E-state index in [1.54, 1.807) is 12.0 Å². The molecule has 4 rings (SSSR count). The van der Waals surface area contributed by atoms with Crippen LogP contribution >= 0.6 is 0 Å². The molecule has 0 aliphatic carbocycles. The summed E-state index contributed by atoms with van der Waals surface area (Å²) in [7, 11) is 1.65. The van der Waals surface area contributed by atoms with Gasteiger partial charge in [0.25, 0.3) is 5.91 Å². The number of ether oxygens (including phenoxy) is 3. The Morgan fingerprint density at radius 2 is 1.71 bits per heavy atom. The molecule has 158 valence electrons. The third-order valence-corrected chi connectivity index (χ3v) is 4.99. The summed E-state index contributed by atoms with van der Waals surface area (Å²) in [5.41, 5.74) is 3.48. The molecule has 0 saturated carbocycles. The summed E-state index contributed by atoms with van der Waals surface area (Å²) in [6.07, 6.45) is 4.00. The SMILES string of the molecule is COCc1ccc(C(=O)N(C/C=C/c2ccccc2)c2ccc3c(c2)OCCO3)cc1. The number of nitrogens with zero attached hydrogens (tertiary/aromatic N) is 1. The summed E-state index contributed by atoms with van der Waals surface area (Å²) in [4.78, 5) is 15.2. The summed E-state index contributed by atoms with van der Waals surface area (Å²) >= 11 is 0. The number of benzene rings is 3. The highest BCUT2D eigenvalue weighted by Gasteiger charge is 2.20. The van der Waals surface area contributed by atoms with Crippen molar-refractivity contribution in [2.45, 2.75) is 6.61 Å². The van der Waals surface area contributed by atoms with E-state index in [1.807, 2.05) is 84.9 Å². The first-order chi connectivity index (χ1) is 15.2. The van der Waals surface area contributed by atoms with Crippen molar-refractivity contribution < 1.29 is 19.0 Å². The van der Waals surface area contributed by atoms with Gasteiger partial charge in [-0.3, -0.25) is 4.79 Å². The number of amides is 1. The Bertz CT molecular complexity index is 1040. The molecule has 0 radical (unpaired) electrons. The lowest BCUT2D eigenvalue weighted by Crippen LogP contribution is -2.31. The van der Waals surface area contributed by atoms with Gasteiger partial charge in [0.1, 0.15) is 13.2 Å². The van der Waals surface area contributed by atoms with Crippen LogP contribution in [0, 0.1) is 0 Å². The van der Waals surface area contributed by atoms with Gasteiger partial charge < -0.3 is 19.1 Å². The van der Waals surface area contributed by atoms with Crippen LogP contribution in [0.1, 0.15) is 21.5 Å². The average molecular weight is 415 g/mol. The Labute approximate surface area is 182 Å². The predicted octanol–water partition coefficient (Wildman–Crippen LogP) is 4.96. The van der Waals surface area contributed by atoms with Crippen LogP contribution in [-0.2, 0) is 11.3 Å². The largest absolute Gasteiger partial charge is 0.486 e. The fraction of sp³-hybridized carbons (Fsp3) is 0.192. The second-order valence-electron chi connectivity index (χ2n) is 7.19. The van der Waals surface area contributed by atoms with E-state index in [9.17, 15) is 4.79 Å². The molecule has 0 N–H and O–H groups in total. The van der Waals surface area contributed by atoms with Gasteiger partial charge in [0.05, 0.1) is 6.61 Å². The molecule has 0 atom stereocenters. The summed E-state index contributed by atoms with van der Waals surface area (Å²) in [5, 5.41) is 0. The molecule has 0 fully saturated rings. The number of fused-ring (bicyclic) bond motifs is 1. The highest BCUT2D eigenvalue weighted by molar-refractivity contribution is 6.06. The van der Waals surface area contributed by atoms with Gasteiger partial charge in [-0.05, 0) is 35.4 Å². The molecule has 3 aromatic rings. The van der Waals surface area contributed by atoms with E-state index in [0.29, 0.717) is 43.4 Å². The van der Waals surface area contributed by atoms with Crippen LogP contribution in [0.3, 0.4) is 0 Å². The summed E-state index contributed by atoms with van der Waals surface area (Å²) in [6.45, 7) is 1.97. The standard InChI is InChI=1S/C26H25NO4/c1-29-19-21-9-11-22(12-10-21)26(28)27(15-5-8-20-6-3-2-4-7-20)23-13-14-24-25(18-23)31-17-16-30-24/h2-14,18H,15-17,19H2,1H3/b8-5+. The molecule has 0 aromatic heterocycles. The number of hydrogen-bond acceptors (Lipinski definition) is 4. The molecule has 31 heavy (non-hydrogen) atoms. The molecule has 1 aliphatic rings. The van der Waals surface area contributed by atoms with Crippen LogP contribution < -0.4 is 14.4 Å². The van der Waals surface area contributed by atoms with E-state index < -0.39 is 0 Å². The molecular weight excluding hydrogens is 390 g/mol. The molecule has 0 bridgehead atoms. The maximum Gasteiger partial charge on any atom is 0.258 e. The van der Waals surface area contributed by atoms with E-state index in [-0.39, 0.29) is 5.91 Å². The van der Waals surface area contributed by atoms with E-state index in [4.69, 9.17) is 14.2 Å². The molecule has 5 nitrogen and oxygen atoms in total. The summed E-state index contributed by atoms with van der Waals surface area (Å²) < 4.78 is 16.5. The molecule has 1 heterocycles. The third-order valence-electron chi connectivity index (χ3n) is 4.99. The van der Waals surface area contributed by atoms with E-state index in [1.165, 1.54) is 0 Å². The minimum atomic E-state index is -0.0849. The number of hydrogen-bond donors (Lipinski definition) is 0. The minimum Gasteiger partial charge on any atom is -0.486 e. The average Bonchev–Trinajstić information content (AvgIpc) is 2.82. The Kier molecular flexibility index (Phi) is 6.65. The number of rotatable bonds is 7. The van der Waals surface area contributed by atoms with Gasteiger partial charge in [0.15, 0.2) is 11.5 Å². The molecule has 3 aromatic carbocycles. The zero-order chi connectivity index (χ0) is 21.5. The van der Waals surface area contributed by atoms with Crippen LogP contribution in [0.5, 0.6) is 11.5 Å². The van der Waals surface area contributed by atoms with Gasteiger partial charge in [-0.25, -0.2) is 0 Å². The second kappa shape index (κ2) is 9.96. The number of carbonyl (C=O) groups is 1. The van der Waals surface area contributed by atoms with Crippen molar-refractivity contribution in [3.63, 3.8) is 0 Å². The van der Waals surface area contributed by atoms with Gasteiger partial charge in [-0.2, -0.15) is 0 Å². The van der Waals surface area contributed by atoms with Crippen molar-refractivity contribution in [1.82, 2.24) is 0 Å². The highest BCUT2D eigenvalue weighted by atomic mass is 16.6. The van der Waals surface area contributed by atoms with Crippen molar-refractivity contribution in [2.75, 3.05) is 31.8 Å². The zero-order valence-electron chi connectivity index (χ0n) is 17.5. The third kappa shape index (κ3) is 5.13. The van der Waals surface area contributed by atoms with Crippen LogP contribution in [0.15, 0.2) is 78.9 Å². The monoisotopic (exact) mass is 415 g/mol. The minimum absolute atomic E-state index is 0.0849. The first-order valence-electron chi connectivity index (χ1n) is 10.3. The van der Waals surface area contributed by atoms with Crippen molar-refractivity contribution in [1.29, 1.82) is 0 Å². The van der Waals surface area contributed by atoms with Crippen LogP contribution in [0.25, 0.3) is 6.08 Å². The molecule has 5 heteroatoms. The second-order valence-corrected chi connectivity index (χ2v) is 7.19. The van der Waals surface area contributed by atoms with E-state index in [2.05, 4.69) is 0 Å². The van der Waals surface area contributed by atoms with E-state index in [0.717, 1.165) is 16.8 Å². The first-order valence-corrected chi connectivity index (χ1v) is 10.3. The van der Waals surface area contributed by atoms with Crippen molar-refractivity contribution >= 4 is 17.7 Å². The molecular formula is C26H25NO4. The fourth-order valence-electron chi connectivity index (χ4n) is 3.43. The van der Waals surface area contributed by atoms with Crippen molar-refractivity contribution in [3.05, 3.63) is 95.6 Å². The molecule has 1 aliphatic heterocycles. The lowest BCUT2D eigenvalue weighted by Gasteiger charge is -2.25. The van der Waals surface area contributed by atoms with Crippen LogP contribution in [0.2, 0.25) is 0 Å². The molecule has 1 amide bonds. The maximum absolute atomic E-state index is 13.4. The van der Waals surface area contributed by atoms with Crippen molar-refractivity contribution in [3.8, 4) is 11.5 Å². The smallest absolute Gasteiger partial charge is 0.258 e. The van der Waals surface area contributed by atoms with Gasteiger partial charge >= 0.3 is 0 Å². The Morgan fingerprint density at radius 3 is 2.45 bits per heavy atom. The fourth-order valence-corrected chi connectivity index (χ4v) is 3.43. The zero-order valence-corrected chi connectivity index (χ0v) is 17.5. The quantitative estimate of drug-likeness (QED) is 0.547. The highest BCUT2D eigenvalue weighted by Crippen LogP contribution is 2.34. The van der Waals surface area contributed by atoms with E-state index >= 15 is 0 Å². The Balaban J connectivity index is 1.61. The predicted molar refractivity (Wildman–Crippen MR) is 122 cm³/mol. The number of carbonyl (C=O) groups excluding carboxylic acids is 1. The van der Waals surface area contributed by atoms with Crippen molar-refractivity contribution in [2.24, 2.45) is 0 Å².